The lowest BCUT2D eigenvalue weighted by molar-refractivity contribution is 1.18. The van der Waals surface area contributed by atoms with E-state index in [2.05, 4.69) is 162 Å². The van der Waals surface area contributed by atoms with Crippen molar-refractivity contribution in [3.05, 3.63) is 187 Å². The summed E-state index contributed by atoms with van der Waals surface area (Å²) in [6, 6.07) is 65.8. The van der Waals surface area contributed by atoms with E-state index < -0.39 is 8.07 Å². The summed E-state index contributed by atoms with van der Waals surface area (Å²) in [5, 5.41) is 28.7. The molecule has 0 unspecified atom stereocenters. The molecule has 3 nitrogen and oxygen atoms in total. The Morgan fingerprint density at radius 1 is 0.396 bits per heavy atom. The van der Waals surface area contributed by atoms with E-state index in [-0.39, 0.29) is 0 Å². The van der Waals surface area contributed by atoms with Crippen LogP contribution in [-0.4, -0.2) is 12.6 Å². The van der Waals surface area contributed by atoms with E-state index in [0.717, 1.165) is 48.6 Å². The number of nitrogens with zero attached hydrogens (tertiary/aromatic N) is 3. The van der Waals surface area contributed by atoms with Crippen LogP contribution in [0.25, 0.3) is 38.6 Å². The van der Waals surface area contributed by atoms with Crippen LogP contribution in [0.15, 0.2) is 176 Å². The third-order valence-corrected chi connectivity index (χ3v) is 14.3. The van der Waals surface area contributed by atoms with Crippen LogP contribution < -0.4 is 20.7 Å². The summed E-state index contributed by atoms with van der Waals surface area (Å²) in [5.74, 6) is 0. The molecule has 0 aliphatic carbocycles. The molecular weight excluding hydrogens is 599 g/mol. The molecule has 1 aromatic heterocycles. The van der Waals surface area contributed by atoms with Gasteiger partial charge in [0.1, 0.15) is 12.1 Å². The topological polar surface area (TPSA) is 52.5 Å². The smallest absolute Gasteiger partial charge is 0.181 e. The molecule has 0 saturated heterocycles. The van der Waals surface area contributed by atoms with Crippen LogP contribution in [0.2, 0.25) is 0 Å². The predicted octanol–water partition coefficient (Wildman–Crippen LogP) is 7.57. The molecule has 0 atom stereocenters. The van der Waals surface area contributed by atoms with Gasteiger partial charge in [0, 0.05) is 21.9 Å². The summed E-state index contributed by atoms with van der Waals surface area (Å²) in [6.45, 7) is 0. The van der Waals surface area contributed by atoms with Crippen LogP contribution in [0.4, 0.5) is 0 Å². The monoisotopic (exact) mass is 627 g/mol. The highest BCUT2D eigenvalue weighted by Crippen LogP contribution is 2.37. The Morgan fingerprint density at radius 3 is 1.33 bits per heavy atom. The van der Waals surface area contributed by atoms with E-state index in [4.69, 9.17) is 0 Å². The Morgan fingerprint density at radius 2 is 0.833 bits per heavy atom. The normalized spacial score (nSPS) is 11.3. The molecule has 224 valence electrons. The zero-order chi connectivity index (χ0) is 32.5. The fraction of sp³-hybridized carbons (Fsp3) is 0. The summed E-state index contributed by atoms with van der Waals surface area (Å²) in [7, 11) is -3.06. The van der Waals surface area contributed by atoms with E-state index in [1.807, 2.05) is 30.3 Å². The number of rotatable bonds is 6. The lowest BCUT2D eigenvalue weighted by Crippen LogP contribution is -2.75. The van der Waals surface area contributed by atoms with Gasteiger partial charge < -0.3 is 4.57 Å². The van der Waals surface area contributed by atoms with Gasteiger partial charge in [0.05, 0.1) is 27.8 Å². The Hall–Kier alpha value is -6.46. The Kier molecular flexibility index (Phi) is 7.27. The number of hydrogen-bond acceptors (Lipinski definition) is 2. The molecule has 0 bridgehead atoms. The van der Waals surface area contributed by atoms with Crippen molar-refractivity contribution in [2.45, 2.75) is 0 Å². The molecule has 0 radical (unpaired) electrons. The van der Waals surface area contributed by atoms with Gasteiger partial charge >= 0.3 is 0 Å². The minimum atomic E-state index is -3.06. The highest BCUT2D eigenvalue weighted by Gasteiger charge is 2.43. The van der Waals surface area contributed by atoms with Crippen molar-refractivity contribution < 1.29 is 0 Å². The molecule has 1 heterocycles. The Bertz CT molecular complexity index is 2370. The van der Waals surface area contributed by atoms with E-state index in [9.17, 15) is 10.5 Å². The van der Waals surface area contributed by atoms with Crippen LogP contribution >= 0.6 is 0 Å². The van der Waals surface area contributed by atoms with Crippen LogP contribution in [0.5, 0.6) is 0 Å². The van der Waals surface area contributed by atoms with Crippen LogP contribution in [0.1, 0.15) is 11.1 Å². The standard InChI is InChI=1S/C44H29N3Si/c45-30-39-35(36-22-10-13-25-41(36)47-42-26-14-11-23-37(42)38-24-12-15-27-43(38)47)28-29-44(40(39)31-46)48(32-16-4-1-5-17-32,33-18-6-2-7-19-33)34-20-8-3-9-21-34/h1-29H. The van der Waals surface area contributed by atoms with Gasteiger partial charge in [-0.05, 0) is 38.9 Å². The highest BCUT2D eigenvalue weighted by atomic mass is 28.3. The predicted molar refractivity (Wildman–Crippen MR) is 199 cm³/mol. The zero-order valence-corrected chi connectivity index (χ0v) is 27.1. The quantitative estimate of drug-likeness (QED) is 0.141. The molecule has 0 saturated carbocycles. The Balaban J connectivity index is 1.45. The fourth-order valence-corrected chi connectivity index (χ4v) is 12.4. The molecule has 0 spiro atoms. The van der Waals surface area contributed by atoms with E-state index >= 15 is 0 Å². The second kappa shape index (κ2) is 12.0. The van der Waals surface area contributed by atoms with Crippen LogP contribution in [0.3, 0.4) is 0 Å². The number of para-hydroxylation sites is 3. The third kappa shape index (κ3) is 4.40. The SMILES string of the molecule is N#Cc1c(-c2ccccc2-n2c3ccccc3c3ccccc32)ccc([Si](c2ccccc2)(c2ccccc2)c2ccccc2)c1C#N. The largest absolute Gasteiger partial charge is 0.309 e. The summed E-state index contributed by atoms with van der Waals surface area (Å²) >= 11 is 0. The second-order valence-electron chi connectivity index (χ2n) is 11.9. The van der Waals surface area contributed by atoms with Gasteiger partial charge in [0.25, 0.3) is 0 Å². The number of nitriles is 2. The van der Waals surface area contributed by atoms with Crippen molar-refractivity contribution >= 4 is 50.6 Å². The van der Waals surface area contributed by atoms with Crippen molar-refractivity contribution in [1.29, 1.82) is 10.5 Å². The highest BCUT2D eigenvalue weighted by molar-refractivity contribution is 7.20. The van der Waals surface area contributed by atoms with E-state index in [1.54, 1.807) is 0 Å². The van der Waals surface area contributed by atoms with Gasteiger partial charge in [-0.25, -0.2) is 0 Å². The van der Waals surface area contributed by atoms with E-state index in [0.29, 0.717) is 11.1 Å². The van der Waals surface area contributed by atoms with Crippen molar-refractivity contribution in [1.82, 2.24) is 4.57 Å². The molecular formula is C44H29N3Si. The van der Waals surface area contributed by atoms with Gasteiger partial charge in [-0.3, -0.25) is 0 Å². The molecule has 7 aromatic carbocycles. The summed E-state index contributed by atoms with van der Waals surface area (Å²) in [6.07, 6.45) is 0. The number of aromatic nitrogens is 1. The molecule has 0 aliphatic rings. The fourth-order valence-electron chi connectivity index (χ4n) is 7.48. The van der Waals surface area contributed by atoms with Gasteiger partial charge in [-0.1, -0.05) is 158 Å². The molecule has 0 amide bonds. The van der Waals surface area contributed by atoms with Crippen molar-refractivity contribution in [3.8, 4) is 29.0 Å². The van der Waals surface area contributed by atoms with Gasteiger partial charge in [0.15, 0.2) is 8.07 Å². The number of hydrogen-bond donors (Lipinski definition) is 0. The first-order chi connectivity index (χ1) is 23.8. The van der Waals surface area contributed by atoms with Gasteiger partial charge in [0.2, 0.25) is 0 Å². The minimum absolute atomic E-state index is 0.392. The zero-order valence-electron chi connectivity index (χ0n) is 26.1. The molecule has 0 N–H and O–H groups in total. The lowest BCUT2D eigenvalue weighted by atomic mass is 9.95. The minimum Gasteiger partial charge on any atom is -0.309 e. The van der Waals surface area contributed by atoms with Crippen molar-refractivity contribution in [3.63, 3.8) is 0 Å². The first-order valence-electron chi connectivity index (χ1n) is 16.0. The number of benzene rings is 7. The molecule has 48 heavy (non-hydrogen) atoms. The second-order valence-corrected chi connectivity index (χ2v) is 15.6. The first-order valence-corrected chi connectivity index (χ1v) is 18.0. The van der Waals surface area contributed by atoms with Crippen molar-refractivity contribution in [2.24, 2.45) is 0 Å². The Labute approximate surface area is 280 Å². The summed E-state index contributed by atoms with van der Waals surface area (Å²) in [4.78, 5) is 0. The summed E-state index contributed by atoms with van der Waals surface area (Å²) < 4.78 is 2.28. The van der Waals surface area contributed by atoms with Gasteiger partial charge in [-0.2, -0.15) is 10.5 Å². The summed E-state index contributed by atoms with van der Waals surface area (Å²) in [5.41, 5.74) is 5.59. The lowest BCUT2D eigenvalue weighted by Gasteiger charge is -2.35. The average molecular weight is 628 g/mol. The third-order valence-electron chi connectivity index (χ3n) is 9.47. The maximum absolute atomic E-state index is 11.1. The molecule has 8 rings (SSSR count). The van der Waals surface area contributed by atoms with Crippen molar-refractivity contribution in [2.75, 3.05) is 0 Å². The molecule has 8 aromatic rings. The molecule has 0 aliphatic heterocycles. The van der Waals surface area contributed by atoms with E-state index in [1.165, 1.54) is 10.8 Å². The molecule has 4 heteroatoms. The maximum Gasteiger partial charge on any atom is 0.181 e. The van der Waals surface area contributed by atoms with Gasteiger partial charge in [-0.15, -0.1) is 0 Å². The first kappa shape index (κ1) is 29.0. The molecule has 0 fully saturated rings. The van der Waals surface area contributed by atoms with Crippen LogP contribution in [-0.2, 0) is 0 Å². The number of fused-ring (bicyclic) bond motifs is 3. The maximum atomic E-state index is 11.1. The average Bonchev–Trinajstić information content (AvgIpc) is 3.50. The van der Waals surface area contributed by atoms with Crippen LogP contribution in [0, 0.1) is 22.7 Å².